The standard InChI is InChI=1S/C14H11BrFNOS/c1-8-2-3-13(12(4-8)14(17)19)18-11-6-9(15)5-10(16)7-11/h2-7H,1H3,(H2,17,19). The third-order valence-corrected chi connectivity index (χ3v) is 3.14. The monoisotopic (exact) mass is 339 g/mol. The first-order valence-electron chi connectivity index (χ1n) is 5.50. The van der Waals surface area contributed by atoms with E-state index in [0.29, 0.717) is 21.5 Å². The Kier molecular flexibility index (Phi) is 4.17. The van der Waals surface area contributed by atoms with E-state index in [1.807, 2.05) is 19.1 Å². The third-order valence-electron chi connectivity index (χ3n) is 2.46. The highest BCUT2D eigenvalue weighted by molar-refractivity contribution is 9.10. The molecule has 19 heavy (non-hydrogen) atoms. The van der Waals surface area contributed by atoms with Gasteiger partial charge >= 0.3 is 0 Å². The molecule has 0 aromatic heterocycles. The minimum absolute atomic E-state index is 0.245. The zero-order chi connectivity index (χ0) is 14.0. The fourth-order valence-corrected chi connectivity index (χ4v) is 2.24. The van der Waals surface area contributed by atoms with E-state index in [-0.39, 0.29) is 10.8 Å². The van der Waals surface area contributed by atoms with Crippen molar-refractivity contribution in [3.8, 4) is 11.5 Å². The van der Waals surface area contributed by atoms with Gasteiger partial charge in [0.05, 0.1) is 5.56 Å². The van der Waals surface area contributed by atoms with Gasteiger partial charge in [0.2, 0.25) is 0 Å². The molecule has 0 heterocycles. The summed E-state index contributed by atoms with van der Waals surface area (Å²) < 4.78 is 19.5. The summed E-state index contributed by atoms with van der Waals surface area (Å²) >= 11 is 8.21. The molecule has 0 fully saturated rings. The van der Waals surface area contributed by atoms with Crippen LogP contribution in [0.2, 0.25) is 0 Å². The Bertz CT molecular complexity index is 625. The number of rotatable bonds is 3. The van der Waals surface area contributed by atoms with Crippen LogP contribution in [0.25, 0.3) is 0 Å². The molecule has 2 nitrogen and oxygen atoms in total. The molecule has 2 aromatic carbocycles. The maximum Gasteiger partial charge on any atom is 0.137 e. The summed E-state index contributed by atoms with van der Waals surface area (Å²) in [5.41, 5.74) is 7.32. The molecular weight excluding hydrogens is 329 g/mol. The van der Waals surface area contributed by atoms with Crippen LogP contribution >= 0.6 is 28.1 Å². The average Bonchev–Trinajstić information content (AvgIpc) is 2.30. The lowest BCUT2D eigenvalue weighted by atomic mass is 10.1. The summed E-state index contributed by atoms with van der Waals surface area (Å²) in [6.45, 7) is 1.93. The minimum Gasteiger partial charge on any atom is -0.456 e. The van der Waals surface area contributed by atoms with Crippen molar-refractivity contribution in [1.82, 2.24) is 0 Å². The SMILES string of the molecule is Cc1ccc(Oc2cc(F)cc(Br)c2)c(C(N)=S)c1. The van der Waals surface area contributed by atoms with Gasteiger partial charge in [0.15, 0.2) is 0 Å². The van der Waals surface area contributed by atoms with Crippen LogP contribution in [0.4, 0.5) is 4.39 Å². The molecule has 2 rings (SSSR count). The molecule has 0 saturated heterocycles. The number of hydrogen-bond donors (Lipinski definition) is 1. The lowest BCUT2D eigenvalue weighted by Gasteiger charge is -2.11. The van der Waals surface area contributed by atoms with E-state index in [0.717, 1.165) is 5.56 Å². The molecule has 0 atom stereocenters. The Hall–Kier alpha value is -1.46. The number of aryl methyl sites for hydroxylation is 1. The first-order valence-corrected chi connectivity index (χ1v) is 6.70. The summed E-state index contributed by atoms with van der Waals surface area (Å²) in [5, 5.41) is 0. The average molecular weight is 340 g/mol. The number of nitrogens with two attached hydrogens (primary N) is 1. The number of thiocarbonyl (C=S) groups is 1. The van der Waals surface area contributed by atoms with Crippen molar-refractivity contribution in [2.45, 2.75) is 6.92 Å². The Balaban J connectivity index is 2.40. The van der Waals surface area contributed by atoms with Gasteiger partial charge in [-0.1, -0.05) is 39.8 Å². The Morgan fingerprint density at radius 1 is 1.26 bits per heavy atom. The zero-order valence-corrected chi connectivity index (χ0v) is 12.5. The van der Waals surface area contributed by atoms with Crippen LogP contribution in [0.5, 0.6) is 11.5 Å². The largest absolute Gasteiger partial charge is 0.456 e. The smallest absolute Gasteiger partial charge is 0.137 e. The molecule has 0 aliphatic heterocycles. The molecule has 0 saturated carbocycles. The molecule has 0 bridgehead atoms. The van der Waals surface area contributed by atoms with Crippen molar-refractivity contribution in [2.75, 3.05) is 0 Å². The van der Waals surface area contributed by atoms with E-state index >= 15 is 0 Å². The molecule has 0 unspecified atom stereocenters. The first kappa shape index (κ1) is 14.0. The van der Waals surface area contributed by atoms with Crippen molar-refractivity contribution in [3.05, 3.63) is 57.8 Å². The van der Waals surface area contributed by atoms with Crippen molar-refractivity contribution < 1.29 is 9.13 Å². The van der Waals surface area contributed by atoms with Crippen LogP contribution in [0.1, 0.15) is 11.1 Å². The molecule has 2 N–H and O–H groups in total. The van der Waals surface area contributed by atoms with Gasteiger partial charge in [-0.3, -0.25) is 0 Å². The van der Waals surface area contributed by atoms with Crippen LogP contribution in [0.3, 0.4) is 0 Å². The summed E-state index contributed by atoms with van der Waals surface area (Å²) in [5.74, 6) is 0.511. The molecule has 2 aromatic rings. The highest BCUT2D eigenvalue weighted by Gasteiger charge is 2.09. The van der Waals surface area contributed by atoms with Crippen LogP contribution in [0, 0.1) is 12.7 Å². The maximum atomic E-state index is 13.3. The summed E-state index contributed by atoms with van der Waals surface area (Å²) in [6.07, 6.45) is 0. The van der Waals surface area contributed by atoms with Gasteiger partial charge in [0, 0.05) is 10.5 Å². The summed E-state index contributed by atoms with van der Waals surface area (Å²) in [4.78, 5) is 0.245. The Labute approximate surface area is 124 Å². The second-order valence-corrected chi connectivity index (χ2v) is 5.43. The van der Waals surface area contributed by atoms with Crippen LogP contribution in [0.15, 0.2) is 40.9 Å². The van der Waals surface area contributed by atoms with Gasteiger partial charge in [-0.2, -0.15) is 0 Å². The molecule has 98 valence electrons. The third kappa shape index (κ3) is 3.52. The molecule has 5 heteroatoms. The fraction of sp³-hybridized carbons (Fsp3) is 0.0714. The fourth-order valence-electron chi connectivity index (χ4n) is 1.64. The lowest BCUT2D eigenvalue weighted by Crippen LogP contribution is -2.11. The van der Waals surface area contributed by atoms with Crippen molar-refractivity contribution in [3.63, 3.8) is 0 Å². The highest BCUT2D eigenvalue weighted by Crippen LogP contribution is 2.29. The zero-order valence-electron chi connectivity index (χ0n) is 10.1. The van der Waals surface area contributed by atoms with Gasteiger partial charge in [0.25, 0.3) is 0 Å². The predicted octanol–water partition coefficient (Wildman–Crippen LogP) is 4.32. The van der Waals surface area contributed by atoms with E-state index in [9.17, 15) is 4.39 Å². The second kappa shape index (κ2) is 5.67. The Morgan fingerprint density at radius 2 is 2.00 bits per heavy atom. The predicted molar refractivity (Wildman–Crippen MR) is 81.2 cm³/mol. The van der Waals surface area contributed by atoms with E-state index in [2.05, 4.69) is 15.9 Å². The first-order chi connectivity index (χ1) is 8.95. The highest BCUT2D eigenvalue weighted by atomic mass is 79.9. The minimum atomic E-state index is -0.381. The van der Waals surface area contributed by atoms with Crippen LogP contribution < -0.4 is 10.5 Å². The van der Waals surface area contributed by atoms with Gasteiger partial charge in [-0.05, 0) is 31.2 Å². The van der Waals surface area contributed by atoms with Crippen molar-refractivity contribution in [2.24, 2.45) is 5.73 Å². The lowest BCUT2D eigenvalue weighted by molar-refractivity contribution is 0.475. The van der Waals surface area contributed by atoms with E-state index in [1.54, 1.807) is 12.1 Å². The van der Waals surface area contributed by atoms with E-state index in [1.165, 1.54) is 12.1 Å². The Morgan fingerprint density at radius 3 is 2.63 bits per heavy atom. The summed E-state index contributed by atoms with van der Waals surface area (Å²) in [7, 11) is 0. The van der Waals surface area contributed by atoms with Gasteiger partial charge in [0.1, 0.15) is 22.3 Å². The molecule has 0 aliphatic carbocycles. The summed E-state index contributed by atoms with van der Waals surface area (Å²) in [6, 6.07) is 9.82. The van der Waals surface area contributed by atoms with E-state index < -0.39 is 0 Å². The number of ether oxygens (including phenoxy) is 1. The van der Waals surface area contributed by atoms with Crippen molar-refractivity contribution >= 4 is 33.1 Å². The topological polar surface area (TPSA) is 35.2 Å². The van der Waals surface area contributed by atoms with Crippen molar-refractivity contribution in [1.29, 1.82) is 0 Å². The number of halogens is 2. The normalized spacial score (nSPS) is 10.3. The van der Waals surface area contributed by atoms with Crippen LogP contribution in [-0.2, 0) is 0 Å². The molecule has 0 aliphatic rings. The number of hydrogen-bond acceptors (Lipinski definition) is 2. The molecule has 0 spiro atoms. The quantitative estimate of drug-likeness (QED) is 0.845. The van der Waals surface area contributed by atoms with Gasteiger partial charge in [-0.15, -0.1) is 0 Å². The molecule has 0 amide bonds. The van der Waals surface area contributed by atoms with E-state index in [4.69, 9.17) is 22.7 Å². The molecular formula is C14H11BrFNOS. The second-order valence-electron chi connectivity index (χ2n) is 4.07. The molecule has 0 radical (unpaired) electrons. The van der Waals surface area contributed by atoms with Gasteiger partial charge < -0.3 is 10.5 Å². The van der Waals surface area contributed by atoms with Crippen LogP contribution in [-0.4, -0.2) is 4.99 Å². The van der Waals surface area contributed by atoms with Gasteiger partial charge in [-0.25, -0.2) is 4.39 Å². The maximum absolute atomic E-state index is 13.3. The number of benzene rings is 2.